The van der Waals surface area contributed by atoms with Crippen LogP contribution in [0.1, 0.15) is 30.0 Å². The zero-order valence-electron chi connectivity index (χ0n) is 13.5. The SMILES string of the molecule is Cc1nc(C)c(-c2csc(NCCCCCNS(C)(=O)=O)n2)s1. The molecule has 0 aliphatic rings. The van der Waals surface area contributed by atoms with Gasteiger partial charge in [0.05, 0.1) is 27.5 Å². The van der Waals surface area contributed by atoms with Crippen LogP contribution in [0.15, 0.2) is 5.38 Å². The van der Waals surface area contributed by atoms with E-state index in [0.29, 0.717) is 6.54 Å². The molecule has 0 amide bonds. The molecule has 128 valence electrons. The number of unbranched alkanes of at least 4 members (excludes halogenated alkanes) is 2. The van der Waals surface area contributed by atoms with E-state index in [2.05, 4.69) is 25.4 Å². The molecule has 0 unspecified atom stereocenters. The molecule has 0 radical (unpaired) electrons. The van der Waals surface area contributed by atoms with Crippen LogP contribution in [-0.2, 0) is 10.0 Å². The van der Waals surface area contributed by atoms with Crippen LogP contribution in [0.25, 0.3) is 10.6 Å². The number of hydrogen-bond acceptors (Lipinski definition) is 7. The number of hydrogen-bond donors (Lipinski definition) is 2. The molecule has 0 saturated heterocycles. The lowest BCUT2D eigenvalue weighted by atomic mass is 10.2. The highest BCUT2D eigenvalue weighted by Crippen LogP contribution is 2.31. The third kappa shape index (κ3) is 6.17. The van der Waals surface area contributed by atoms with Gasteiger partial charge in [0.2, 0.25) is 10.0 Å². The Bertz CT molecular complexity index is 737. The van der Waals surface area contributed by atoms with Gasteiger partial charge in [0, 0.05) is 18.5 Å². The minimum Gasteiger partial charge on any atom is -0.362 e. The molecule has 23 heavy (non-hydrogen) atoms. The molecule has 0 aromatic carbocycles. The molecule has 2 heterocycles. The minimum absolute atomic E-state index is 0.504. The van der Waals surface area contributed by atoms with Gasteiger partial charge >= 0.3 is 0 Å². The monoisotopic (exact) mass is 374 g/mol. The first-order valence-electron chi connectivity index (χ1n) is 7.43. The van der Waals surface area contributed by atoms with Crippen LogP contribution in [0.4, 0.5) is 5.13 Å². The Hall–Kier alpha value is -1.03. The smallest absolute Gasteiger partial charge is 0.208 e. The summed E-state index contributed by atoms with van der Waals surface area (Å²) < 4.78 is 24.3. The highest BCUT2D eigenvalue weighted by atomic mass is 32.2. The maximum absolute atomic E-state index is 10.9. The van der Waals surface area contributed by atoms with E-state index in [1.54, 1.807) is 22.7 Å². The van der Waals surface area contributed by atoms with E-state index in [4.69, 9.17) is 0 Å². The second-order valence-corrected chi connectivity index (χ2v) is 9.23. The summed E-state index contributed by atoms with van der Waals surface area (Å²) in [5.74, 6) is 0. The highest BCUT2D eigenvalue weighted by molar-refractivity contribution is 7.88. The maximum Gasteiger partial charge on any atom is 0.208 e. The van der Waals surface area contributed by atoms with Crippen LogP contribution in [0.2, 0.25) is 0 Å². The summed E-state index contributed by atoms with van der Waals surface area (Å²) in [5, 5.41) is 7.35. The Morgan fingerprint density at radius 3 is 2.52 bits per heavy atom. The first kappa shape index (κ1) is 18.3. The van der Waals surface area contributed by atoms with Crippen molar-refractivity contribution < 1.29 is 8.42 Å². The Balaban J connectivity index is 1.70. The van der Waals surface area contributed by atoms with Crippen LogP contribution in [0.5, 0.6) is 0 Å². The average molecular weight is 375 g/mol. The molecule has 6 nitrogen and oxygen atoms in total. The zero-order valence-corrected chi connectivity index (χ0v) is 16.0. The number of aromatic nitrogens is 2. The molecule has 0 aliphatic carbocycles. The van der Waals surface area contributed by atoms with Gasteiger partial charge in [-0.05, 0) is 26.7 Å². The fourth-order valence-corrected chi connectivity index (χ4v) is 4.31. The number of thiazole rings is 2. The van der Waals surface area contributed by atoms with Gasteiger partial charge in [0.1, 0.15) is 0 Å². The summed E-state index contributed by atoms with van der Waals surface area (Å²) in [5.41, 5.74) is 2.01. The van der Waals surface area contributed by atoms with Crippen molar-refractivity contribution in [1.82, 2.24) is 14.7 Å². The van der Waals surface area contributed by atoms with Gasteiger partial charge in [-0.2, -0.15) is 0 Å². The van der Waals surface area contributed by atoms with E-state index in [-0.39, 0.29) is 0 Å². The van der Waals surface area contributed by atoms with Crippen molar-refractivity contribution in [3.63, 3.8) is 0 Å². The average Bonchev–Trinajstić information content (AvgIpc) is 3.03. The lowest BCUT2D eigenvalue weighted by molar-refractivity contribution is 0.581. The number of aryl methyl sites for hydroxylation is 2. The molecular formula is C14H22N4O2S3. The van der Waals surface area contributed by atoms with Crippen LogP contribution in [0.3, 0.4) is 0 Å². The van der Waals surface area contributed by atoms with E-state index in [9.17, 15) is 8.42 Å². The molecule has 2 N–H and O–H groups in total. The van der Waals surface area contributed by atoms with Crippen molar-refractivity contribution >= 4 is 37.8 Å². The summed E-state index contributed by atoms with van der Waals surface area (Å²) in [6, 6.07) is 0. The van der Waals surface area contributed by atoms with Crippen LogP contribution < -0.4 is 10.0 Å². The number of nitrogens with zero attached hydrogens (tertiary/aromatic N) is 2. The Labute approximate surface area is 145 Å². The van der Waals surface area contributed by atoms with E-state index >= 15 is 0 Å². The topological polar surface area (TPSA) is 84.0 Å². The van der Waals surface area contributed by atoms with Crippen molar-refractivity contribution in [3.05, 3.63) is 16.1 Å². The predicted molar refractivity (Wildman–Crippen MR) is 97.9 cm³/mol. The normalized spacial score (nSPS) is 11.8. The molecule has 0 saturated carbocycles. The molecule has 0 spiro atoms. The standard InChI is InChI=1S/C14H22N4O2S3/c1-10-13(22-11(2)17-10)12-9-21-14(18-12)15-7-5-4-6-8-16-23(3,19)20/h9,16H,4-8H2,1-3H3,(H,15,18). The highest BCUT2D eigenvalue weighted by Gasteiger charge is 2.11. The number of nitrogens with one attached hydrogen (secondary N) is 2. The first-order valence-corrected chi connectivity index (χ1v) is 11.0. The van der Waals surface area contributed by atoms with Gasteiger partial charge in [-0.1, -0.05) is 6.42 Å². The Kier molecular flexibility index (Phi) is 6.51. The summed E-state index contributed by atoms with van der Waals surface area (Å²) in [7, 11) is -3.06. The molecule has 2 aromatic heterocycles. The second kappa shape index (κ2) is 8.18. The van der Waals surface area contributed by atoms with Gasteiger partial charge in [-0.3, -0.25) is 0 Å². The lowest BCUT2D eigenvalue weighted by Gasteiger charge is -2.03. The fraction of sp³-hybridized carbons (Fsp3) is 0.571. The van der Waals surface area contributed by atoms with Gasteiger partial charge in [-0.25, -0.2) is 23.1 Å². The van der Waals surface area contributed by atoms with Crippen LogP contribution in [0, 0.1) is 13.8 Å². The summed E-state index contributed by atoms with van der Waals surface area (Å²) in [6.07, 6.45) is 3.98. The molecular weight excluding hydrogens is 352 g/mol. The molecule has 0 atom stereocenters. The lowest BCUT2D eigenvalue weighted by Crippen LogP contribution is -2.22. The van der Waals surface area contributed by atoms with Crippen molar-refractivity contribution in [2.45, 2.75) is 33.1 Å². The van der Waals surface area contributed by atoms with Gasteiger partial charge in [0.25, 0.3) is 0 Å². The number of rotatable bonds is 9. The predicted octanol–water partition coefficient (Wildman–Crippen LogP) is 3.01. The third-order valence-electron chi connectivity index (χ3n) is 3.13. The largest absolute Gasteiger partial charge is 0.362 e. The van der Waals surface area contributed by atoms with Crippen molar-refractivity contribution in [2.24, 2.45) is 0 Å². The van der Waals surface area contributed by atoms with Gasteiger partial charge in [-0.15, -0.1) is 22.7 Å². The molecule has 0 bridgehead atoms. The number of sulfonamides is 1. The van der Waals surface area contributed by atoms with E-state index < -0.39 is 10.0 Å². The molecule has 2 aromatic rings. The Morgan fingerprint density at radius 1 is 1.13 bits per heavy atom. The quantitative estimate of drug-likeness (QED) is 0.659. The molecule has 2 rings (SSSR count). The van der Waals surface area contributed by atoms with Crippen LogP contribution >= 0.6 is 22.7 Å². The molecule has 0 aliphatic heterocycles. The summed E-state index contributed by atoms with van der Waals surface area (Å²) in [4.78, 5) is 10.2. The maximum atomic E-state index is 10.9. The van der Waals surface area contributed by atoms with E-state index in [0.717, 1.165) is 52.2 Å². The molecule has 0 fully saturated rings. The minimum atomic E-state index is -3.06. The first-order chi connectivity index (χ1) is 10.8. The third-order valence-corrected chi connectivity index (χ3v) is 5.76. The van der Waals surface area contributed by atoms with Gasteiger partial charge in [0.15, 0.2) is 5.13 Å². The summed E-state index contributed by atoms with van der Waals surface area (Å²) >= 11 is 3.27. The fourth-order valence-electron chi connectivity index (χ4n) is 2.11. The van der Waals surface area contributed by atoms with Crippen LogP contribution in [-0.4, -0.2) is 37.7 Å². The molecule has 9 heteroatoms. The van der Waals surface area contributed by atoms with E-state index in [1.165, 1.54) is 6.26 Å². The van der Waals surface area contributed by atoms with Crippen molar-refractivity contribution in [1.29, 1.82) is 0 Å². The van der Waals surface area contributed by atoms with Crippen molar-refractivity contribution in [3.8, 4) is 10.6 Å². The summed E-state index contributed by atoms with van der Waals surface area (Å²) in [6.45, 7) is 5.36. The van der Waals surface area contributed by atoms with Crippen molar-refractivity contribution in [2.75, 3.05) is 24.7 Å². The second-order valence-electron chi connectivity index (χ2n) is 5.34. The Morgan fingerprint density at radius 2 is 1.87 bits per heavy atom. The van der Waals surface area contributed by atoms with E-state index in [1.807, 2.05) is 13.8 Å². The zero-order chi connectivity index (χ0) is 16.9. The number of anilines is 1. The van der Waals surface area contributed by atoms with Gasteiger partial charge < -0.3 is 5.32 Å².